The molecule has 1 aliphatic heterocycles. The Morgan fingerprint density at radius 2 is 1.81 bits per heavy atom. The predicted octanol–water partition coefficient (Wildman–Crippen LogP) is 2.78. The number of nitrogens with zero attached hydrogens (tertiary/aromatic N) is 1. The molecule has 2 fully saturated rings. The topological polar surface area (TPSA) is 15.3 Å². The predicted molar refractivity (Wildman–Crippen MR) is 69.7 cm³/mol. The Kier molecular flexibility index (Phi) is 3.91. The third-order valence-electron chi connectivity index (χ3n) is 4.72. The summed E-state index contributed by atoms with van der Waals surface area (Å²) in [5, 5.41) is 3.57. The molecule has 16 heavy (non-hydrogen) atoms. The summed E-state index contributed by atoms with van der Waals surface area (Å²) < 4.78 is 0. The number of hydrogen-bond donors (Lipinski definition) is 1. The van der Waals surface area contributed by atoms with E-state index < -0.39 is 0 Å². The summed E-state index contributed by atoms with van der Waals surface area (Å²) in [4.78, 5) is 2.79. The van der Waals surface area contributed by atoms with Crippen LogP contribution in [-0.4, -0.2) is 36.1 Å². The molecule has 2 rings (SSSR count). The van der Waals surface area contributed by atoms with Crippen molar-refractivity contribution in [2.45, 2.75) is 76.4 Å². The van der Waals surface area contributed by atoms with Gasteiger partial charge in [-0.05, 0) is 53.1 Å². The van der Waals surface area contributed by atoms with Crippen LogP contribution in [0.5, 0.6) is 0 Å². The molecule has 0 aromatic rings. The fourth-order valence-electron chi connectivity index (χ4n) is 3.74. The van der Waals surface area contributed by atoms with Crippen molar-refractivity contribution in [1.29, 1.82) is 0 Å². The van der Waals surface area contributed by atoms with Gasteiger partial charge in [0.2, 0.25) is 0 Å². The van der Waals surface area contributed by atoms with Gasteiger partial charge in [0, 0.05) is 17.6 Å². The number of rotatable bonds is 2. The van der Waals surface area contributed by atoms with E-state index in [1.54, 1.807) is 0 Å². The molecule has 0 aromatic carbocycles. The smallest absolute Gasteiger partial charge is 0.0254 e. The lowest BCUT2D eigenvalue weighted by Crippen LogP contribution is -2.53. The maximum Gasteiger partial charge on any atom is 0.0254 e. The Balaban J connectivity index is 2.09. The molecule has 2 atom stereocenters. The van der Waals surface area contributed by atoms with Crippen molar-refractivity contribution in [2.75, 3.05) is 13.6 Å². The molecule has 2 unspecified atom stereocenters. The second kappa shape index (κ2) is 5.05. The lowest BCUT2D eigenvalue weighted by atomic mass is 9.95. The summed E-state index contributed by atoms with van der Waals surface area (Å²) >= 11 is 0. The van der Waals surface area contributed by atoms with Crippen LogP contribution in [0.3, 0.4) is 0 Å². The van der Waals surface area contributed by atoms with Crippen molar-refractivity contribution < 1.29 is 0 Å². The van der Waals surface area contributed by atoms with Crippen molar-refractivity contribution in [3.05, 3.63) is 0 Å². The highest BCUT2D eigenvalue weighted by Crippen LogP contribution is 2.34. The van der Waals surface area contributed by atoms with Crippen LogP contribution in [0.25, 0.3) is 0 Å². The van der Waals surface area contributed by atoms with Gasteiger partial charge in [0.1, 0.15) is 0 Å². The van der Waals surface area contributed by atoms with Crippen molar-refractivity contribution in [2.24, 2.45) is 0 Å². The zero-order chi connectivity index (χ0) is 11.6. The van der Waals surface area contributed by atoms with Crippen LogP contribution in [-0.2, 0) is 0 Å². The molecule has 0 aromatic heterocycles. The summed E-state index contributed by atoms with van der Waals surface area (Å²) in [6, 6.07) is 1.50. The van der Waals surface area contributed by atoms with Crippen LogP contribution in [0.2, 0.25) is 0 Å². The molecule has 0 radical (unpaired) electrons. The molecule has 0 amide bonds. The Labute approximate surface area is 101 Å². The first-order chi connectivity index (χ1) is 7.65. The van der Waals surface area contributed by atoms with Crippen LogP contribution < -0.4 is 5.32 Å². The summed E-state index contributed by atoms with van der Waals surface area (Å²) in [6.45, 7) is 6.17. The monoisotopic (exact) mass is 224 g/mol. The van der Waals surface area contributed by atoms with Gasteiger partial charge < -0.3 is 5.32 Å². The summed E-state index contributed by atoms with van der Waals surface area (Å²) in [7, 11) is 2.14. The fourth-order valence-corrected chi connectivity index (χ4v) is 3.74. The maximum atomic E-state index is 3.57. The van der Waals surface area contributed by atoms with E-state index in [-0.39, 0.29) is 0 Å². The Morgan fingerprint density at radius 1 is 1.06 bits per heavy atom. The number of hydrogen-bond acceptors (Lipinski definition) is 2. The molecule has 0 spiro atoms. The summed E-state index contributed by atoms with van der Waals surface area (Å²) in [5.41, 5.74) is 0.435. The Morgan fingerprint density at radius 3 is 2.44 bits per heavy atom. The molecule has 1 N–H and O–H groups in total. The number of likely N-dealkylation sites (tertiary alicyclic amines) is 1. The molecule has 94 valence electrons. The van der Waals surface area contributed by atoms with E-state index in [1.807, 2.05) is 0 Å². The Hall–Kier alpha value is -0.0800. The maximum absolute atomic E-state index is 3.57. The highest BCUT2D eigenvalue weighted by Gasteiger charge is 2.39. The third kappa shape index (κ3) is 2.43. The molecule has 1 saturated carbocycles. The second-order valence-electron chi connectivity index (χ2n) is 6.21. The summed E-state index contributed by atoms with van der Waals surface area (Å²) in [5.74, 6) is 0. The highest BCUT2D eigenvalue weighted by atomic mass is 15.3. The van der Waals surface area contributed by atoms with Crippen molar-refractivity contribution in [1.82, 2.24) is 10.2 Å². The van der Waals surface area contributed by atoms with Crippen LogP contribution >= 0.6 is 0 Å². The van der Waals surface area contributed by atoms with Gasteiger partial charge >= 0.3 is 0 Å². The van der Waals surface area contributed by atoms with Crippen molar-refractivity contribution >= 4 is 0 Å². The molecule has 1 heterocycles. The SMILES string of the molecule is CNC1CCCCCC1N1CCCC1(C)C. The molecule has 2 aliphatic rings. The van der Waals surface area contributed by atoms with Gasteiger partial charge in [-0.1, -0.05) is 19.3 Å². The standard InChI is InChI=1S/C14H28N2/c1-14(2)10-7-11-16(14)13-9-6-4-5-8-12(13)15-3/h12-13,15H,4-11H2,1-3H3. The van der Waals surface area contributed by atoms with Gasteiger partial charge in [-0.2, -0.15) is 0 Å². The molecule has 0 bridgehead atoms. The largest absolute Gasteiger partial charge is 0.315 e. The zero-order valence-corrected chi connectivity index (χ0v) is 11.3. The first-order valence-electron chi connectivity index (χ1n) is 7.09. The minimum absolute atomic E-state index is 0.435. The van der Waals surface area contributed by atoms with Crippen molar-refractivity contribution in [3.63, 3.8) is 0 Å². The van der Waals surface area contributed by atoms with Gasteiger partial charge in [0.05, 0.1) is 0 Å². The average molecular weight is 224 g/mol. The number of likely N-dealkylation sites (N-methyl/N-ethyl adjacent to an activating group) is 1. The van der Waals surface area contributed by atoms with Crippen LogP contribution in [0.1, 0.15) is 58.8 Å². The fraction of sp³-hybridized carbons (Fsp3) is 1.00. The van der Waals surface area contributed by atoms with Crippen molar-refractivity contribution in [3.8, 4) is 0 Å². The van der Waals surface area contributed by atoms with E-state index in [1.165, 1.54) is 51.5 Å². The normalized spacial score (nSPS) is 36.2. The lowest BCUT2D eigenvalue weighted by molar-refractivity contribution is 0.0857. The average Bonchev–Trinajstić information content (AvgIpc) is 2.50. The highest BCUT2D eigenvalue weighted by molar-refractivity contribution is 4.96. The first-order valence-corrected chi connectivity index (χ1v) is 7.09. The molecule has 2 heteroatoms. The van der Waals surface area contributed by atoms with Gasteiger partial charge in [-0.15, -0.1) is 0 Å². The van der Waals surface area contributed by atoms with E-state index >= 15 is 0 Å². The number of nitrogens with one attached hydrogen (secondary N) is 1. The molecular weight excluding hydrogens is 196 g/mol. The minimum atomic E-state index is 0.435. The van der Waals surface area contributed by atoms with Gasteiger partial charge in [0.25, 0.3) is 0 Å². The Bertz CT molecular complexity index is 225. The van der Waals surface area contributed by atoms with E-state index in [0.29, 0.717) is 5.54 Å². The van der Waals surface area contributed by atoms with Gasteiger partial charge in [0.15, 0.2) is 0 Å². The van der Waals surface area contributed by atoms with E-state index in [4.69, 9.17) is 0 Å². The summed E-state index contributed by atoms with van der Waals surface area (Å²) in [6.07, 6.45) is 9.80. The van der Waals surface area contributed by atoms with Crippen LogP contribution in [0, 0.1) is 0 Å². The van der Waals surface area contributed by atoms with E-state index in [2.05, 4.69) is 31.1 Å². The van der Waals surface area contributed by atoms with Gasteiger partial charge in [-0.25, -0.2) is 0 Å². The quantitative estimate of drug-likeness (QED) is 0.726. The van der Waals surface area contributed by atoms with Gasteiger partial charge in [-0.3, -0.25) is 4.90 Å². The molecule has 1 saturated heterocycles. The first kappa shape index (κ1) is 12.4. The molecule has 1 aliphatic carbocycles. The van der Waals surface area contributed by atoms with Crippen LogP contribution in [0.15, 0.2) is 0 Å². The minimum Gasteiger partial charge on any atom is -0.315 e. The molecular formula is C14H28N2. The lowest BCUT2D eigenvalue weighted by Gasteiger charge is -2.41. The molecule has 2 nitrogen and oxygen atoms in total. The second-order valence-corrected chi connectivity index (χ2v) is 6.21. The van der Waals surface area contributed by atoms with E-state index in [0.717, 1.165) is 12.1 Å². The zero-order valence-electron chi connectivity index (χ0n) is 11.3. The van der Waals surface area contributed by atoms with E-state index in [9.17, 15) is 0 Å². The third-order valence-corrected chi connectivity index (χ3v) is 4.72. The van der Waals surface area contributed by atoms with Crippen LogP contribution in [0.4, 0.5) is 0 Å².